The number of hydrogen-bond donors (Lipinski definition) is 0. The topological polar surface area (TPSA) is 9.23 Å². The van der Waals surface area contributed by atoms with Crippen LogP contribution >= 0.6 is 34.2 Å². The summed E-state index contributed by atoms with van der Waals surface area (Å²) in [4.78, 5) is 0. The van der Waals surface area contributed by atoms with E-state index in [9.17, 15) is 4.39 Å². The average Bonchev–Trinajstić information content (AvgIpc) is 2.33. The molecule has 5 heteroatoms. The second-order valence-corrected chi connectivity index (χ2v) is 11.6. The van der Waals surface area contributed by atoms with Gasteiger partial charge in [-0.05, 0) is 47.2 Å². The zero-order chi connectivity index (χ0) is 13.8. The molecule has 0 N–H and O–H groups in total. The highest BCUT2D eigenvalue weighted by atomic mass is 127. The van der Waals surface area contributed by atoms with Gasteiger partial charge in [-0.2, -0.15) is 0 Å². The van der Waals surface area contributed by atoms with E-state index in [1.54, 1.807) is 0 Å². The van der Waals surface area contributed by atoms with Gasteiger partial charge in [0.15, 0.2) is 0 Å². The second kappa shape index (κ2) is 7.10. The zero-order valence-electron chi connectivity index (χ0n) is 11.0. The molecular weight excluding hydrogens is 382 g/mol. The van der Waals surface area contributed by atoms with Crippen LogP contribution in [0, 0.1) is 16.3 Å². The van der Waals surface area contributed by atoms with Crippen LogP contribution in [-0.2, 0) is 0 Å². The number of benzene rings is 1. The first-order valence-corrected chi connectivity index (χ1v) is 10.6. The third kappa shape index (κ3) is 3.84. The van der Waals surface area contributed by atoms with Crippen LogP contribution < -0.4 is 4.74 Å². The summed E-state index contributed by atoms with van der Waals surface area (Å²) in [6.07, 6.45) is 0.714. The quantitative estimate of drug-likeness (QED) is 0.374. The Balaban J connectivity index is 2.86. The molecule has 1 nitrogen and oxygen atoms in total. The van der Waals surface area contributed by atoms with Gasteiger partial charge in [0.05, 0.1) is 9.80 Å². The van der Waals surface area contributed by atoms with Crippen LogP contribution in [0.15, 0.2) is 12.1 Å². The molecule has 0 saturated carbocycles. The summed E-state index contributed by atoms with van der Waals surface area (Å²) >= 11 is 8.23. The minimum atomic E-state index is -1.51. The van der Waals surface area contributed by atoms with Crippen LogP contribution in [-0.4, -0.2) is 19.8 Å². The number of hydrogen-bond acceptors (Lipinski definition) is 1. The fourth-order valence-corrected chi connectivity index (χ4v) is 5.84. The standard InChI is InChI=1S/C13H19ClFIOSi/c1-4-18(5-2,8-14)9-17-13-10(3)6-11(15)7-12(13)16/h6-7H,4-5,8-9H2,1-3H3. The molecule has 0 amide bonds. The highest BCUT2D eigenvalue weighted by Crippen LogP contribution is 2.28. The first-order valence-electron chi connectivity index (χ1n) is 6.12. The minimum Gasteiger partial charge on any atom is -0.496 e. The fourth-order valence-electron chi connectivity index (χ4n) is 1.78. The number of alkyl halides is 1. The molecule has 0 atom stereocenters. The number of aryl methyl sites for hydroxylation is 1. The van der Waals surface area contributed by atoms with Crippen molar-refractivity contribution in [3.05, 3.63) is 27.1 Å². The second-order valence-electron chi connectivity index (χ2n) is 4.66. The lowest BCUT2D eigenvalue weighted by atomic mass is 10.2. The summed E-state index contributed by atoms with van der Waals surface area (Å²) in [7, 11) is -1.51. The molecule has 0 unspecified atom stereocenters. The molecule has 0 aliphatic heterocycles. The Morgan fingerprint density at radius 1 is 1.33 bits per heavy atom. The predicted molar refractivity (Wildman–Crippen MR) is 86.8 cm³/mol. The molecule has 0 bridgehead atoms. The van der Waals surface area contributed by atoms with E-state index in [0.29, 0.717) is 6.23 Å². The molecule has 0 spiro atoms. The van der Waals surface area contributed by atoms with E-state index in [-0.39, 0.29) is 5.82 Å². The molecule has 0 aliphatic carbocycles. The average molecular weight is 401 g/mol. The summed E-state index contributed by atoms with van der Waals surface area (Å²) in [6, 6.07) is 5.25. The van der Waals surface area contributed by atoms with Gasteiger partial charge in [0.25, 0.3) is 0 Å². The van der Waals surface area contributed by atoms with E-state index in [4.69, 9.17) is 16.3 Å². The van der Waals surface area contributed by atoms with E-state index in [2.05, 4.69) is 36.4 Å². The Morgan fingerprint density at radius 3 is 2.39 bits per heavy atom. The van der Waals surface area contributed by atoms with Gasteiger partial charge in [0.2, 0.25) is 0 Å². The van der Waals surface area contributed by atoms with Gasteiger partial charge in [-0.15, -0.1) is 11.6 Å². The summed E-state index contributed by atoms with van der Waals surface area (Å²) in [6.45, 7) is 6.25. The maximum Gasteiger partial charge on any atom is 0.135 e. The Labute approximate surface area is 128 Å². The number of ether oxygens (including phenoxy) is 1. The highest BCUT2D eigenvalue weighted by molar-refractivity contribution is 14.1. The van der Waals surface area contributed by atoms with Crippen molar-refractivity contribution in [2.45, 2.75) is 32.9 Å². The summed E-state index contributed by atoms with van der Waals surface area (Å²) in [5.41, 5.74) is 1.57. The van der Waals surface area contributed by atoms with Crippen molar-refractivity contribution >= 4 is 42.3 Å². The molecule has 0 fully saturated rings. The lowest BCUT2D eigenvalue weighted by Crippen LogP contribution is -2.43. The largest absolute Gasteiger partial charge is 0.496 e. The van der Waals surface area contributed by atoms with Crippen molar-refractivity contribution in [2.75, 3.05) is 11.7 Å². The van der Waals surface area contributed by atoms with Crippen LogP contribution in [0.2, 0.25) is 12.1 Å². The highest BCUT2D eigenvalue weighted by Gasteiger charge is 2.29. The zero-order valence-corrected chi connectivity index (χ0v) is 14.9. The lowest BCUT2D eigenvalue weighted by Gasteiger charge is -2.27. The molecule has 0 radical (unpaired) electrons. The Kier molecular flexibility index (Phi) is 6.41. The molecule has 1 rings (SSSR count). The SMILES string of the molecule is CC[Si](CC)(CCl)COc1c(C)cc(F)cc1I. The monoisotopic (exact) mass is 400 g/mol. The molecule has 18 heavy (non-hydrogen) atoms. The predicted octanol–water partition coefficient (Wildman–Crippen LogP) is 4.92. The van der Waals surface area contributed by atoms with Gasteiger partial charge < -0.3 is 4.74 Å². The van der Waals surface area contributed by atoms with Crippen LogP contribution in [0.4, 0.5) is 4.39 Å². The van der Waals surface area contributed by atoms with Crippen LogP contribution in [0.1, 0.15) is 19.4 Å². The van der Waals surface area contributed by atoms with Crippen molar-refractivity contribution < 1.29 is 9.13 Å². The number of halogens is 3. The third-order valence-corrected chi connectivity index (χ3v) is 10.3. The number of rotatable bonds is 6. The third-order valence-electron chi connectivity index (χ3n) is 3.50. The Morgan fingerprint density at radius 2 is 1.94 bits per heavy atom. The van der Waals surface area contributed by atoms with Gasteiger partial charge in [0, 0.05) is 5.50 Å². The van der Waals surface area contributed by atoms with Gasteiger partial charge in [-0.1, -0.05) is 25.9 Å². The van der Waals surface area contributed by atoms with E-state index in [1.165, 1.54) is 12.1 Å². The fraction of sp³-hybridized carbons (Fsp3) is 0.538. The maximum absolute atomic E-state index is 13.2. The maximum atomic E-state index is 13.2. The first-order chi connectivity index (χ1) is 8.48. The van der Waals surface area contributed by atoms with Crippen LogP contribution in [0.25, 0.3) is 0 Å². The van der Waals surface area contributed by atoms with Crippen molar-refractivity contribution in [1.82, 2.24) is 0 Å². The van der Waals surface area contributed by atoms with E-state index < -0.39 is 8.07 Å². The normalized spacial score (nSPS) is 11.7. The van der Waals surface area contributed by atoms with E-state index in [1.807, 2.05) is 6.92 Å². The lowest BCUT2D eigenvalue weighted by molar-refractivity contribution is 0.369. The first kappa shape index (κ1) is 16.2. The Bertz CT molecular complexity index is 379. The molecule has 102 valence electrons. The Hall–Kier alpha value is 0.187. The van der Waals surface area contributed by atoms with Crippen LogP contribution in [0.5, 0.6) is 5.75 Å². The van der Waals surface area contributed by atoms with Gasteiger partial charge in [0.1, 0.15) is 19.6 Å². The summed E-state index contributed by atoms with van der Waals surface area (Å²) < 4.78 is 20.0. The van der Waals surface area contributed by atoms with Gasteiger partial charge in [-0.3, -0.25) is 0 Å². The van der Waals surface area contributed by atoms with Crippen molar-refractivity contribution in [3.63, 3.8) is 0 Å². The molecule has 1 aromatic rings. The summed E-state index contributed by atoms with van der Waals surface area (Å²) in [5.74, 6) is 0.594. The van der Waals surface area contributed by atoms with E-state index in [0.717, 1.165) is 32.5 Å². The van der Waals surface area contributed by atoms with Crippen molar-refractivity contribution in [2.24, 2.45) is 0 Å². The molecule has 1 aromatic carbocycles. The van der Waals surface area contributed by atoms with Crippen molar-refractivity contribution in [3.8, 4) is 5.75 Å². The van der Waals surface area contributed by atoms with Crippen molar-refractivity contribution in [1.29, 1.82) is 0 Å². The minimum absolute atomic E-state index is 0.212. The molecule has 0 aromatic heterocycles. The molecule has 0 saturated heterocycles. The smallest absolute Gasteiger partial charge is 0.135 e. The summed E-state index contributed by atoms with van der Waals surface area (Å²) in [5, 5.41) is 0. The molecule has 0 aliphatic rings. The molecular formula is C13H19ClFIOSi. The van der Waals surface area contributed by atoms with Gasteiger partial charge >= 0.3 is 0 Å². The molecule has 0 heterocycles. The van der Waals surface area contributed by atoms with E-state index >= 15 is 0 Å². The van der Waals surface area contributed by atoms with Gasteiger partial charge in [-0.25, -0.2) is 4.39 Å². The van der Waals surface area contributed by atoms with Crippen LogP contribution in [0.3, 0.4) is 0 Å².